The van der Waals surface area contributed by atoms with Crippen LogP contribution in [0, 0.1) is 0 Å². The van der Waals surface area contributed by atoms with E-state index >= 15 is 0 Å². The first-order valence-electron chi connectivity index (χ1n) is 12.2. The van der Waals surface area contributed by atoms with Crippen molar-refractivity contribution in [3.05, 3.63) is 77.4 Å². The normalized spacial score (nSPS) is 13.2. The van der Waals surface area contributed by atoms with E-state index in [1.807, 2.05) is 4.90 Å². The predicted molar refractivity (Wildman–Crippen MR) is 143 cm³/mol. The monoisotopic (exact) mass is 532 g/mol. The third-order valence-electron chi connectivity index (χ3n) is 6.12. The minimum absolute atomic E-state index is 0.00767. The number of para-hydroxylation sites is 1. The average Bonchev–Trinajstić information content (AvgIpc) is 3.27. The zero-order valence-electron chi connectivity index (χ0n) is 20.4. The lowest BCUT2D eigenvalue weighted by Gasteiger charge is -2.26. The van der Waals surface area contributed by atoms with E-state index in [0.717, 1.165) is 32.4 Å². The summed E-state index contributed by atoms with van der Waals surface area (Å²) >= 11 is 5.84. The Bertz CT molecular complexity index is 1460. The van der Waals surface area contributed by atoms with Gasteiger partial charge in [-0.3, -0.25) is 19.6 Å². The highest BCUT2D eigenvalue weighted by Gasteiger charge is 2.19. The van der Waals surface area contributed by atoms with Gasteiger partial charge in [0.25, 0.3) is 11.8 Å². The Balaban J connectivity index is 1.24. The topological polar surface area (TPSA) is 118 Å². The highest BCUT2D eigenvalue weighted by Crippen LogP contribution is 2.25. The Kier molecular flexibility index (Phi) is 7.50. The third kappa shape index (κ3) is 5.92. The summed E-state index contributed by atoms with van der Waals surface area (Å²) in [6.07, 6.45) is 3.88. The van der Waals surface area contributed by atoms with Crippen LogP contribution in [-0.2, 0) is 11.3 Å². The Morgan fingerprint density at radius 1 is 0.921 bits per heavy atom. The van der Waals surface area contributed by atoms with Crippen LogP contribution in [0.25, 0.3) is 10.9 Å². The number of pyridine rings is 1. The molecule has 38 heavy (non-hydrogen) atoms. The number of anilines is 2. The summed E-state index contributed by atoms with van der Waals surface area (Å²) in [6, 6.07) is 17.0. The van der Waals surface area contributed by atoms with Gasteiger partial charge in [-0.05, 0) is 67.8 Å². The maximum atomic E-state index is 12.7. The Morgan fingerprint density at radius 2 is 1.68 bits per heavy atom. The number of nitrogens with one attached hydrogen (secondary N) is 2. The highest BCUT2D eigenvalue weighted by molar-refractivity contribution is 6.30. The number of hydrogen-bond acceptors (Lipinski definition) is 6. The maximum absolute atomic E-state index is 12.7. The van der Waals surface area contributed by atoms with Crippen molar-refractivity contribution < 1.29 is 19.1 Å². The van der Waals surface area contributed by atoms with Gasteiger partial charge in [0, 0.05) is 30.5 Å². The standard InChI is InChI=1S/C27H25ClN6O4/c28-19-10-13-23(29-16-19)31-24(35)17-34-22-7-3-2-6-21(22)25(32-34)38-27(37)30-20-11-8-18(9-12-20)26(36)33-14-4-1-5-15-33/h2-3,6-13,16H,1,4-5,14-15,17H2,(H,30,37)(H,29,31,35). The van der Waals surface area contributed by atoms with Gasteiger partial charge in [-0.15, -0.1) is 5.10 Å². The quantitative estimate of drug-likeness (QED) is 0.362. The summed E-state index contributed by atoms with van der Waals surface area (Å²) in [6.45, 7) is 1.42. The molecule has 1 aliphatic rings. The molecule has 0 bridgehead atoms. The molecule has 1 saturated heterocycles. The van der Waals surface area contributed by atoms with Crippen molar-refractivity contribution in [3.8, 4) is 5.88 Å². The fourth-order valence-corrected chi connectivity index (χ4v) is 4.38. The number of carbonyl (C=O) groups excluding carboxylic acids is 3. The third-order valence-corrected chi connectivity index (χ3v) is 6.35. The van der Waals surface area contributed by atoms with E-state index < -0.39 is 6.09 Å². The molecule has 5 rings (SSSR count). The van der Waals surface area contributed by atoms with Crippen molar-refractivity contribution in [2.75, 3.05) is 23.7 Å². The molecular weight excluding hydrogens is 508 g/mol. The first-order valence-corrected chi connectivity index (χ1v) is 12.6. The molecule has 0 spiro atoms. The van der Waals surface area contributed by atoms with Crippen molar-refractivity contribution in [2.45, 2.75) is 25.8 Å². The van der Waals surface area contributed by atoms with Gasteiger partial charge >= 0.3 is 6.09 Å². The minimum Gasteiger partial charge on any atom is -0.389 e. The van der Waals surface area contributed by atoms with Gasteiger partial charge in [0.15, 0.2) is 0 Å². The molecule has 2 aromatic carbocycles. The molecule has 0 radical (unpaired) electrons. The lowest BCUT2D eigenvalue weighted by atomic mass is 10.1. The summed E-state index contributed by atoms with van der Waals surface area (Å²) < 4.78 is 6.93. The van der Waals surface area contributed by atoms with Gasteiger partial charge in [-0.25, -0.2) is 9.78 Å². The fourth-order valence-electron chi connectivity index (χ4n) is 4.27. The van der Waals surface area contributed by atoms with E-state index in [1.54, 1.807) is 60.7 Å². The van der Waals surface area contributed by atoms with E-state index in [-0.39, 0.29) is 24.2 Å². The average molecular weight is 533 g/mol. The maximum Gasteiger partial charge on any atom is 0.418 e. The number of likely N-dealkylation sites (tertiary alicyclic amines) is 1. The molecule has 2 N–H and O–H groups in total. The van der Waals surface area contributed by atoms with Crippen molar-refractivity contribution in [1.82, 2.24) is 19.7 Å². The second kappa shape index (κ2) is 11.3. The van der Waals surface area contributed by atoms with E-state index in [1.165, 1.54) is 10.9 Å². The molecule has 4 aromatic rings. The second-order valence-corrected chi connectivity index (χ2v) is 9.27. The predicted octanol–water partition coefficient (Wildman–Crippen LogP) is 4.96. The number of piperidine rings is 1. The van der Waals surface area contributed by atoms with Crippen LogP contribution in [0.3, 0.4) is 0 Å². The molecule has 11 heteroatoms. The Labute approximate surface area is 223 Å². The van der Waals surface area contributed by atoms with Crippen LogP contribution in [0.15, 0.2) is 66.9 Å². The van der Waals surface area contributed by atoms with Crippen molar-refractivity contribution in [3.63, 3.8) is 0 Å². The minimum atomic E-state index is -0.745. The summed E-state index contributed by atoms with van der Waals surface area (Å²) in [5.74, 6) is 0.0535. The smallest absolute Gasteiger partial charge is 0.389 e. The molecule has 0 unspecified atom stereocenters. The first-order chi connectivity index (χ1) is 18.5. The molecule has 194 valence electrons. The van der Waals surface area contributed by atoms with Crippen LogP contribution in [0.4, 0.5) is 16.3 Å². The summed E-state index contributed by atoms with van der Waals surface area (Å²) in [5, 5.41) is 10.7. The van der Waals surface area contributed by atoms with Crippen LogP contribution in [0.2, 0.25) is 5.02 Å². The number of hydrogen-bond donors (Lipinski definition) is 2. The number of nitrogens with zero attached hydrogens (tertiary/aromatic N) is 4. The molecular formula is C27H25ClN6O4. The Morgan fingerprint density at radius 3 is 2.42 bits per heavy atom. The number of halogens is 1. The van der Waals surface area contributed by atoms with Crippen molar-refractivity contribution in [1.29, 1.82) is 0 Å². The lowest BCUT2D eigenvalue weighted by molar-refractivity contribution is -0.116. The van der Waals surface area contributed by atoms with Gasteiger partial charge in [0.1, 0.15) is 12.4 Å². The molecule has 3 heterocycles. The zero-order valence-corrected chi connectivity index (χ0v) is 21.1. The van der Waals surface area contributed by atoms with Crippen molar-refractivity contribution in [2.24, 2.45) is 0 Å². The number of fused-ring (bicyclic) bond motifs is 1. The number of carbonyl (C=O) groups is 3. The van der Waals surface area contributed by atoms with Crippen LogP contribution in [0.5, 0.6) is 5.88 Å². The van der Waals surface area contributed by atoms with E-state index in [2.05, 4.69) is 20.7 Å². The molecule has 0 aliphatic carbocycles. The number of amides is 3. The molecule has 0 atom stereocenters. The summed E-state index contributed by atoms with van der Waals surface area (Å²) in [7, 11) is 0. The van der Waals surface area contributed by atoms with Crippen LogP contribution >= 0.6 is 11.6 Å². The number of ether oxygens (including phenoxy) is 1. The molecule has 2 aromatic heterocycles. The highest BCUT2D eigenvalue weighted by atomic mass is 35.5. The Hall–Kier alpha value is -4.44. The van der Waals surface area contributed by atoms with Gasteiger partial charge < -0.3 is 15.0 Å². The lowest BCUT2D eigenvalue weighted by Crippen LogP contribution is -2.35. The molecule has 3 amide bonds. The molecule has 1 aliphatic heterocycles. The van der Waals surface area contributed by atoms with Crippen LogP contribution in [-0.4, -0.2) is 50.7 Å². The van der Waals surface area contributed by atoms with E-state index in [9.17, 15) is 14.4 Å². The molecule has 10 nitrogen and oxygen atoms in total. The zero-order chi connectivity index (χ0) is 26.5. The summed E-state index contributed by atoms with van der Waals surface area (Å²) in [4.78, 5) is 43.8. The molecule has 1 fully saturated rings. The van der Waals surface area contributed by atoms with Crippen LogP contribution < -0.4 is 15.4 Å². The van der Waals surface area contributed by atoms with E-state index in [0.29, 0.717) is 33.0 Å². The van der Waals surface area contributed by atoms with Gasteiger partial charge in [0.05, 0.1) is 15.9 Å². The fraction of sp³-hybridized carbons (Fsp3) is 0.222. The van der Waals surface area contributed by atoms with Gasteiger partial charge in [-0.2, -0.15) is 0 Å². The van der Waals surface area contributed by atoms with Gasteiger partial charge in [0.2, 0.25) is 5.91 Å². The molecule has 0 saturated carbocycles. The van der Waals surface area contributed by atoms with Gasteiger partial charge in [-0.1, -0.05) is 23.7 Å². The number of rotatable bonds is 6. The number of aromatic nitrogens is 3. The van der Waals surface area contributed by atoms with E-state index in [4.69, 9.17) is 16.3 Å². The van der Waals surface area contributed by atoms with Crippen LogP contribution in [0.1, 0.15) is 29.6 Å². The largest absolute Gasteiger partial charge is 0.418 e. The SMILES string of the molecule is O=C(Cn1nc(OC(=O)Nc2ccc(C(=O)N3CCCCC3)cc2)c2ccccc21)Nc1ccc(Cl)cn1. The first kappa shape index (κ1) is 25.2. The van der Waals surface area contributed by atoms with Crippen molar-refractivity contribution >= 4 is 51.9 Å². The summed E-state index contributed by atoms with van der Waals surface area (Å²) in [5.41, 5.74) is 1.67. The number of benzene rings is 2. The second-order valence-electron chi connectivity index (χ2n) is 8.83.